The average Bonchev–Trinajstić information content (AvgIpc) is 2.90. The van der Waals surface area contributed by atoms with E-state index in [-0.39, 0.29) is 11.9 Å². The number of hydrogen-bond donors (Lipinski definition) is 1. The molecule has 1 heterocycles. The fraction of sp³-hybridized carbons (Fsp3) is 0.467. The number of aromatic nitrogens is 3. The Hall–Kier alpha value is -1.46. The largest absolute Gasteiger partial charge is 0.309 e. The van der Waals surface area contributed by atoms with Gasteiger partial charge in [-0.15, -0.1) is 5.10 Å². The number of hydrogen-bond acceptors (Lipinski definition) is 3. The minimum absolute atomic E-state index is 0.144. The quantitative estimate of drug-likeness (QED) is 0.885. The van der Waals surface area contributed by atoms with Gasteiger partial charge in [-0.3, -0.25) is 0 Å². The molecule has 1 unspecified atom stereocenters. The molecule has 0 saturated heterocycles. The van der Waals surface area contributed by atoms with Crippen LogP contribution in [0.3, 0.4) is 0 Å². The van der Waals surface area contributed by atoms with E-state index in [9.17, 15) is 4.39 Å². The third-order valence-corrected chi connectivity index (χ3v) is 3.77. The average molecular weight is 311 g/mol. The van der Waals surface area contributed by atoms with Crippen LogP contribution in [-0.2, 0) is 6.42 Å². The summed E-state index contributed by atoms with van der Waals surface area (Å²) < 4.78 is 15.1. The highest BCUT2D eigenvalue weighted by molar-refractivity contribution is 6.32. The maximum Gasteiger partial charge on any atom is 0.125 e. The van der Waals surface area contributed by atoms with E-state index in [1.54, 1.807) is 4.68 Å². The van der Waals surface area contributed by atoms with Gasteiger partial charge >= 0.3 is 0 Å². The fourth-order valence-electron chi connectivity index (χ4n) is 2.44. The van der Waals surface area contributed by atoms with Gasteiger partial charge in [0.1, 0.15) is 11.5 Å². The normalized spacial score (nSPS) is 12.6. The summed E-state index contributed by atoms with van der Waals surface area (Å²) in [4.78, 5) is 0. The van der Waals surface area contributed by atoms with Gasteiger partial charge in [-0.05, 0) is 31.5 Å². The standard InChI is InChI=1S/C15H20ClFN4/c1-4-12(18-6-3)15-13(5-2)21(20-19-15)14-9-10(17)7-8-11(14)16/h7-9,12,18H,4-6H2,1-3H3. The lowest BCUT2D eigenvalue weighted by Crippen LogP contribution is -2.21. The Bertz CT molecular complexity index is 612. The lowest BCUT2D eigenvalue weighted by Gasteiger charge is -2.15. The highest BCUT2D eigenvalue weighted by atomic mass is 35.5. The predicted octanol–water partition coefficient (Wildman–Crippen LogP) is 3.68. The first-order chi connectivity index (χ1) is 10.1. The Morgan fingerprint density at radius 2 is 2.10 bits per heavy atom. The Balaban J connectivity index is 2.51. The smallest absolute Gasteiger partial charge is 0.125 e. The first kappa shape index (κ1) is 15.9. The minimum Gasteiger partial charge on any atom is -0.309 e. The molecule has 2 rings (SSSR count). The van der Waals surface area contributed by atoms with E-state index >= 15 is 0 Å². The van der Waals surface area contributed by atoms with E-state index in [1.807, 2.05) is 6.92 Å². The Morgan fingerprint density at radius 3 is 2.71 bits per heavy atom. The predicted molar refractivity (Wildman–Crippen MR) is 82.4 cm³/mol. The summed E-state index contributed by atoms with van der Waals surface area (Å²) in [6, 6.07) is 4.40. The van der Waals surface area contributed by atoms with Crippen LogP contribution >= 0.6 is 11.6 Å². The summed E-state index contributed by atoms with van der Waals surface area (Å²) in [7, 11) is 0. The van der Waals surface area contributed by atoms with Crippen LogP contribution in [0.4, 0.5) is 4.39 Å². The molecule has 1 N–H and O–H groups in total. The van der Waals surface area contributed by atoms with Gasteiger partial charge in [0.05, 0.1) is 22.4 Å². The van der Waals surface area contributed by atoms with Gasteiger partial charge in [0.25, 0.3) is 0 Å². The van der Waals surface area contributed by atoms with Crippen molar-refractivity contribution in [3.63, 3.8) is 0 Å². The van der Waals surface area contributed by atoms with Crippen molar-refractivity contribution in [2.45, 2.75) is 39.7 Å². The molecule has 0 aliphatic rings. The highest BCUT2D eigenvalue weighted by Crippen LogP contribution is 2.26. The second kappa shape index (κ2) is 7.00. The van der Waals surface area contributed by atoms with Gasteiger partial charge < -0.3 is 5.32 Å². The SMILES string of the molecule is CCNC(CC)c1nnn(-c2cc(F)ccc2Cl)c1CC. The topological polar surface area (TPSA) is 42.7 Å². The maximum absolute atomic E-state index is 13.5. The molecule has 0 fully saturated rings. The van der Waals surface area contributed by atoms with Crippen molar-refractivity contribution in [1.29, 1.82) is 0 Å². The molecule has 1 aromatic heterocycles. The third-order valence-electron chi connectivity index (χ3n) is 3.45. The van der Waals surface area contributed by atoms with E-state index in [1.165, 1.54) is 18.2 Å². The van der Waals surface area contributed by atoms with Crippen molar-refractivity contribution >= 4 is 11.6 Å². The minimum atomic E-state index is -0.341. The van der Waals surface area contributed by atoms with Crippen LogP contribution in [0.25, 0.3) is 5.69 Å². The van der Waals surface area contributed by atoms with Crippen molar-refractivity contribution in [3.8, 4) is 5.69 Å². The second-order valence-corrected chi connectivity index (χ2v) is 5.21. The van der Waals surface area contributed by atoms with E-state index < -0.39 is 0 Å². The zero-order valence-corrected chi connectivity index (χ0v) is 13.3. The molecule has 0 bridgehead atoms. The van der Waals surface area contributed by atoms with E-state index in [2.05, 4.69) is 29.5 Å². The summed E-state index contributed by atoms with van der Waals surface area (Å²) in [5.74, 6) is -0.341. The van der Waals surface area contributed by atoms with Gasteiger partial charge in [-0.25, -0.2) is 9.07 Å². The van der Waals surface area contributed by atoms with Crippen LogP contribution in [0.1, 0.15) is 44.6 Å². The first-order valence-electron chi connectivity index (χ1n) is 7.25. The molecule has 114 valence electrons. The lowest BCUT2D eigenvalue weighted by atomic mass is 10.1. The molecule has 4 nitrogen and oxygen atoms in total. The molecule has 21 heavy (non-hydrogen) atoms. The van der Waals surface area contributed by atoms with Crippen LogP contribution in [0.15, 0.2) is 18.2 Å². The number of rotatable bonds is 6. The zero-order chi connectivity index (χ0) is 15.4. The first-order valence-corrected chi connectivity index (χ1v) is 7.63. The second-order valence-electron chi connectivity index (χ2n) is 4.80. The number of nitrogens with zero attached hydrogens (tertiary/aromatic N) is 3. The van der Waals surface area contributed by atoms with Crippen LogP contribution in [0.5, 0.6) is 0 Å². The molecule has 2 aromatic rings. The van der Waals surface area contributed by atoms with Crippen molar-refractivity contribution in [2.24, 2.45) is 0 Å². The van der Waals surface area contributed by atoms with Crippen molar-refractivity contribution in [2.75, 3.05) is 6.54 Å². The Labute approximate surface area is 129 Å². The molecule has 0 aliphatic carbocycles. The molecule has 0 radical (unpaired) electrons. The van der Waals surface area contributed by atoms with Crippen LogP contribution in [-0.4, -0.2) is 21.5 Å². The van der Waals surface area contributed by atoms with Crippen molar-refractivity contribution in [1.82, 2.24) is 20.3 Å². The fourth-order valence-corrected chi connectivity index (χ4v) is 2.63. The molecule has 0 spiro atoms. The van der Waals surface area contributed by atoms with Crippen LogP contribution in [0, 0.1) is 5.82 Å². The molecule has 0 aliphatic heterocycles. The Kier molecular flexibility index (Phi) is 5.31. The molecular formula is C15H20ClFN4. The van der Waals surface area contributed by atoms with Crippen LogP contribution < -0.4 is 5.32 Å². The molecule has 1 atom stereocenters. The monoisotopic (exact) mass is 310 g/mol. The van der Waals surface area contributed by atoms with E-state index in [0.717, 1.165) is 30.8 Å². The van der Waals surface area contributed by atoms with Crippen molar-refractivity contribution in [3.05, 3.63) is 40.4 Å². The van der Waals surface area contributed by atoms with Gasteiger partial charge in [-0.2, -0.15) is 0 Å². The van der Waals surface area contributed by atoms with Gasteiger partial charge in [0, 0.05) is 6.07 Å². The van der Waals surface area contributed by atoms with Gasteiger partial charge in [-0.1, -0.05) is 37.6 Å². The number of halogens is 2. The van der Waals surface area contributed by atoms with Crippen molar-refractivity contribution < 1.29 is 4.39 Å². The summed E-state index contributed by atoms with van der Waals surface area (Å²) >= 11 is 6.17. The highest BCUT2D eigenvalue weighted by Gasteiger charge is 2.20. The summed E-state index contributed by atoms with van der Waals surface area (Å²) in [5, 5.41) is 12.3. The zero-order valence-electron chi connectivity index (χ0n) is 12.5. The molecule has 6 heteroatoms. The third kappa shape index (κ3) is 3.24. The molecule has 0 amide bonds. The van der Waals surface area contributed by atoms with Crippen LogP contribution in [0.2, 0.25) is 5.02 Å². The summed E-state index contributed by atoms with van der Waals surface area (Å²) in [5.41, 5.74) is 2.39. The van der Waals surface area contributed by atoms with Gasteiger partial charge in [0.15, 0.2) is 0 Å². The van der Waals surface area contributed by atoms with E-state index in [0.29, 0.717) is 10.7 Å². The number of benzene rings is 1. The number of nitrogens with one attached hydrogen (secondary N) is 1. The van der Waals surface area contributed by atoms with Gasteiger partial charge in [0.2, 0.25) is 0 Å². The Morgan fingerprint density at radius 1 is 1.33 bits per heavy atom. The lowest BCUT2D eigenvalue weighted by molar-refractivity contribution is 0.520. The summed E-state index contributed by atoms with van der Waals surface area (Å²) in [6.07, 6.45) is 1.66. The maximum atomic E-state index is 13.5. The summed E-state index contributed by atoms with van der Waals surface area (Å²) in [6.45, 7) is 7.04. The molecule has 0 saturated carbocycles. The van der Waals surface area contributed by atoms with E-state index in [4.69, 9.17) is 11.6 Å². The molecular weight excluding hydrogens is 291 g/mol. The molecule has 1 aromatic carbocycles.